The summed E-state index contributed by atoms with van der Waals surface area (Å²) >= 11 is 0. The van der Waals surface area contributed by atoms with Crippen LogP contribution in [0, 0.1) is 0 Å². The minimum absolute atomic E-state index is 0.152. The summed E-state index contributed by atoms with van der Waals surface area (Å²) in [6, 6.07) is 12.3. The zero-order valence-corrected chi connectivity index (χ0v) is 18.3. The average Bonchev–Trinajstić information content (AvgIpc) is 2.73. The number of sulfonamides is 2. The van der Waals surface area contributed by atoms with E-state index in [2.05, 4.69) is 10.6 Å². The van der Waals surface area contributed by atoms with Crippen LogP contribution in [0.2, 0.25) is 0 Å². The highest BCUT2D eigenvalue weighted by Crippen LogP contribution is 2.24. The Balaban J connectivity index is 1.79. The van der Waals surface area contributed by atoms with E-state index in [1.165, 1.54) is 41.7 Å². The summed E-state index contributed by atoms with van der Waals surface area (Å²) in [6.07, 6.45) is 1.05. The minimum atomic E-state index is -3.59. The Morgan fingerprint density at radius 1 is 1.00 bits per heavy atom. The number of piperazine rings is 1. The lowest BCUT2D eigenvalue weighted by Crippen LogP contribution is -2.46. The van der Waals surface area contributed by atoms with Gasteiger partial charge in [-0.1, -0.05) is 12.1 Å². The van der Waals surface area contributed by atoms with Crippen LogP contribution >= 0.6 is 0 Å². The molecule has 11 heteroatoms. The second-order valence-corrected chi connectivity index (χ2v) is 10.8. The molecule has 1 saturated heterocycles. The van der Waals surface area contributed by atoms with Gasteiger partial charge in [0.15, 0.2) is 0 Å². The third-order valence-corrected chi connectivity index (χ3v) is 7.92. The Bertz CT molecular complexity index is 1130. The van der Waals surface area contributed by atoms with Gasteiger partial charge in [0.2, 0.25) is 20.0 Å². The van der Waals surface area contributed by atoms with Crippen LogP contribution in [-0.2, 0) is 20.0 Å². The van der Waals surface area contributed by atoms with E-state index in [1.807, 2.05) is 0 Å². The normalized spacial score (nSPS) is 15.5. The van der Waals surface area contributed by atoms with Crippen molar-refractivity contribution in [2.45, 2.75) is 4.90 Å². The molecule has 1 fully saturated rings. The molecular weight excluding hydrogens is 428 g/mol. The van der Waals surface area contributed by atoms with E-state index in [4.69, 9.17) is 0 Å². The fourth-order valence-corrected chi connectivity index (χ4v) is 5.02. The first-order valence-corrected chi connectivity index (χ1v) is 12.5. The van der Waals surface area contributed by atoms with Gasteiger partial charge in [0.1, 0.15) is 0 Å². The fraction of sp³-hybridized carbons (Fsp3) is 0.316. The Morgan fingerprint density at radius 3 is 2.20 bits per heavy atom. The van der Waals surface area contributed by atoms with Crippen molar-refractivity contribution in [3.8, 4) is 0 Å². The lowest BCUT2D eigenvalue weighted by Gasteiger charge is -2.26. The highest BCUT2D eigenvalue weighted by Gasteiger charge is 2.26. The predicted octanol–water partition coefficient (Wildman–Crippen LogP) is 0.929. The minimum Gasteiger partial charge on any atom is -0.322 e. The van der Waals surface area contributed by atoms with Crippen LogP contribution in [0.25, 0.3) is 0 Å². The quantitative estimate of drug-likeness (QED) is 0.674. The highest BCUT2D eigenvalue weighted by molar-refractivity contribution is 7.92. The first-order valence-electron chi connectivity index (χ1n) is 9.26. The van der Waals surface area contributed by atoms with Crippen molar-refractivity contribution in [3.63, 3.8) is 0 Å². The average molecular weight is 453 g/mol. The number of para-hydroxylation sites is 1. The molecule has 0 aliphatic carbocycles. The number of hydrogen-bond donors (Lipinski definition) is 2. The maximum atomic E-state index is 12.7. The molecule has 1 aliphatic rings. The van der Waals surface area contributed by atoms with Crippen molar-refractivity contribution in [3.05, 3.63) is 54.1 Å². The molecular formula is C19H24N4O5S2. The molecule has 0 spiro atoms. The number of anilines is 2. The third kappa shape index (κ3) is 4.81. The molecule has 0 saturated carbocycles. The lowest BCUT2D eigenvalue weighted by atomic mass is 10.1. The topological polar surface area (TPSA) is 116 Å². The van der Waals surface area contributed by atoms with Gasteiger partial charge >= 0.3 is 0 Å². The third-order valence-electron chi connectivity index (χ3n) is 4.81. The van der Waals surface area contributed by atoms with Crippen LogP contribution < -0.4 is 14.9 Å². The molecule has 9 nitrogen and oxygen atoms in total. The molecule has 1 amide bonds. The van der Waals surface area contributed by atoms with Gasteiger partial charge in [0.25, 0.3) is 5.91 Å². The summed E-state index contributed by atoms with van der Waals surface area (Å²) in [5.41, 5.74) is 0.828. The molecule has 30 heavy (non-hydrogen) atoms. The van der Waals surface area contributed by atoms with E-state index in [-0.39, 0.29) is 16.1 Å². The molecule has 0 radical (unpaired) electrons. The number of benzene rings is 2. The van der Waals surface area contributed by atoms with Gasteiger partial charge in [-0.05, 0) is 36.4 Å². The Kier molecular flexibility index (Phi) is 6.46. The number of nitrogens with one attached hydrogen (secondary N) is 2. The molecule has 3 rings (SSSR count). The number of carbonyl (C=O) groups excluding carboxylic acids is 1. The maximum Gasteiger partial charge on any atom is 0.257 e. The van der Waals surface area contributed by atoms with Crippen molar-refractivity contribution in [1.82, 2.24) is 9.62 Å². The summed E-state index contributed by atoms with van der Waals surface area (Å²) in [5, 5.41) is 5.80. The molecule has 0 bridgehead atoms. The van der Waals surface area contributed by atoms with Gasteiger partial charge in [0.05, 0.1) is 22.4 Å². The van der Waals surface area contributed by atoms with Crippen LogP contribution in [-0.4, -0.2) is 66.5 Å². The zero-order chi connectivity index (χ0) is 21.9. The van der Waals surface area contributed by atoms with E-state index in [0.717, 1.165) is 10.6 Å². The molecule has 0 atom stereocenters. The number of carbonyl (C=O) groups is 1. The molecule has 1 heterocycles. The van der Waals surface area contributed by atoms with Gasteiger partial charge in [0, 0.05) is 38.9 Å². The monoisotopic (exact) mass is 452 g/mol. The number of amides is 1. The summed E-state index contributed by atoms with van der Waals surface area (Å²) in [5.74, 6) is -0.501. The predicted molar refractivity (Wildman–Crippen MR) is 116 cm³/mol. The van der Waals surface area contributed by atoms with Gasteiger partial charge in [-0.25, -0.2) is 16.8 Å². The summed E-state index contributed by atoms with van der Waals surface area (Å²) in [6.45, 7) is 2.03. The van der Waals surface area contributed by atoms with E-state index in [0.29, 0.717) is 31.9 Å². The zero-order valence-electron chi connectivity index (χ0n) is 16.7. The largest absolute Gasteiger partial charge is 0.322 e. The number of rotatable bonds is 6. The Morgan fingerprint density at radius 2 is 1.60 bits per heavy atom. The van der Waals surface area contributed by atoms with Gasteiger partial charge in [-0.2, -0.15) is 4.31 Å². The van der Waals surface area contributed by atoms with E-state index < -0.39 is 26.0 Å². The SMILES string of the molecule is CN(c1ccccc1C(=O)Nc1ccc(S(=O)(=O)N2CCNCC2)cc1)S(C)(=O)=O. The molecule has 2 aromatic carbocycles. The van der Waals surface area contributed by atoms with Crippen molar-refractivity contribution in [2.75, 3.05) is 49.1 Å². The highest BCUT2D eigenvalue weighted by atomic mass is 32.2. The molecule has 1 aliphatic heterocycles. The van der Waals surface area contributed by atoms with E-state index in [1.54, 1.807) is 18.2 Å². The standard InChI is InChI=1S/C19H24N4O5S2/c1-22(29(2,25)26)18-6-4-3-5-17(18)19(24)21-15-7-9-16(10-8-15)30(27,28)23-13-11-20-12-14-23/h3-10,20H,11-14H2,1-2H3,(H,21,24). The van der Waals surface area contributed by atoms with Crippen LogP contribution in [0.4, 0.5) is 11.4 Å². The summed E-state index contributed by atoms with van der Waals surface area (Å²) in [4.78, 5) is 12.9. The van der Waals surface area contributed by atoms with E-state index in [9.17, 15) is 21.6 Å². The Labute approximate surface area is 176 Å². The molecule has 0 aromatic heterocycles. The summed E-state index contributed by atoms with van der Waals surface area (Å²) in [7, 11) is -5.75. The molecule has 162 valence electrons. The first kappa shape index (κ1) is 22.2. The lowest BCUT2D eigenvalue weighted by molar-refractivity contribution is 0.102. The first-order chi connectivity index (χ1) is 14.1. The summed E-state index contributed by atoms with van der Waals surface area (Å²) < 4.78 is 51.6. The van der Waals surface area contributed by atoms with Crippen molar-refractivity contribution >= 4 is 37.3 Å². The van der Waals surface area contributed by atoms with Gasteiger partial charge in [-0.3, -0.25) is 9.10 Å². The van der Waals surface area contributed by atoms with Crippen LogP contribution in [0.5, 0.6) is 0 Å². The van der Waals surface area contributed by atoms with Crippen LogP contribution in [0.1, 0.15) is 10.4 Å². The van der Waals surface area contributed by atoms with Crippen molar-refractivity contribution < 1.29 is 21.6 Å². The van der Waals surface area contributed by atoms with Crippen LogP contribution in [0.15, 0.2) is 53.4 Å². The van der Waals surface area contributed by atoms with Crippen LogP contribution in [0.3, 0.4) is 0 Å². The number of hydrogen-bond acceptors (Lipinski definition) is 6. The molecule has 0 unspecified atom stereocenters. The van der Waals surface area contributed by atoms with Crippen molar-refractivity contribution in [1.29, 1.82) is 0 Å². The van der Waals surface area contributed by atoms with E-state index >= 15 is 0 Å². The fourth-order valence-electron chi connectivity index (χ4n) is 3.06. The Hall–Kier alpha value is -2.47. The van der Waals surface area contributed by atoms with Gasteiger partial charge < -0.3 is 10.6 Å². The molecule has 2 N–H and O–H groups in total. The van der Waals surface area contributed by atoms with Gasteiger partial charge in [-0.15, -0.1) is 0 Å². The smallest absolute Gasteiger partial charge is 0.257 e. The maximum absolute atomic E-state index is 12.7. The second kappa shape index (κ2) is 8.72. The molecule has 2 aromatic rings. The van der Waals surface area contributed by atoms with Crippen molar-refractivity contribution in [2.24, 2.45) is 0 Å². The number of nitrogens with zero attached hydrogens (tertiary/aromatic N) is 2. The second-order valence-electron chi connectivity index (χ2n) is 6.88.